The van der Waals surface area contributed by atoms with E-state index in [9.17, 15) is 4.79 Å². The molecule has 3 rings (SSSR count). The molecule has 3 aromatic rings. The number of thioether (sulfide) groups is 1. The number of urea groups is 1. The minimum absolute atomic E-state index is 0.187. The van der Waals surface area contributed by atoms with Crippen LogP contribution in [0.2, 0.25) is 0 Å². The summed E-state index contributed by atoms with van der Waals surface area (Å²) in [6.07, 6.45) is 3.94. The summed E-state index contributed by atoms with van der Waals surface area (Å²) in [5.74, 6) is 0.834. The molecule has 1 aromatic heterocycles. The molecule has 0 saturated heterocycles. The lowest BCUT2D eigenvalue weighted by atomic mass is 10.3. The third-order valence-corrected chi connectivity index (χ3v) is 4.42. The van der Waals surface area contributed by atoms with E-state index in [0.29, 0.717) is 6.54 Å². The second kappa shape index (κ2) is 8.26. The van der Waals surface area contributed by atoms with Gasteiger partial charge in [0.05, 0.1) is 0 Å². The van der Waals surface area contributed by atoms with E-state index in [1.165, 1.54) is 4.90 Å². The van der Waals surface area contributed by atoms with Gasteiger partial charge in [-0.1, -0.05) is 24.3 Å². The number of carbonyl (C=O) groups excluding carboxylic acids is 1. The SMILES string of the molecule is O=C(NCCSc1ccccc1)Nc1cccc(-n2cccc2)c1. The molecule has 5 heteroatoms. The van der Waals surface area contributed by atoms with Crippen molar-refractivity contribution in [3.63, 3.8) is 0 Å². The zero-order valence-electron chi connectivity index (χ0n) is 13.2. The molecular formula is C19H19N3OS. The highest BCUT2D eigenvalue weighted by molar-refractivity contribution is 7.99. The van der Waals surface area contributed by atoms with Gasteiger partial charge in [0.15, 0.2) is 0 Å². The molecule has 2 N–H and O–H groups in total. The minimum atomic E-state index is -0.187. The van der Waals surface area contributed by atoms with E-state index >= 15 is 0 Å². The van der Waals surface area contributed by atoms with Gasteiger partial charge in [0.1, 0.15) is 0 Å². The van der Waals surface area contributed by atoms with E-state index in [0.717, 1.165) is 17.1 Å². The van der Waals surface area contributed by atoms with Crippen molar-refractivity contribution in [1.82, 2.24) is 9.88 Å². The Morgan fingerprint density at radius 1 is 0.958 bits per heavy atom. The maximum absolute atomic E-state index is 12.0. The van der Waals surface area contributed by atoms with Crippen molar-refractivity contribution in [3.05, 3.63) is 79.1 Å². The van der Waals surface area contributed by atoms with Gasteiger partial charge in [-0.25, -0.2) is 4.79 Å². The molecule has 0 unspecified atom stereocenters. The van der Waals surface area contributed by atoms with Crippen molar-refractivity contribution in [2.24, 2.45) is 0 Å². The van der Waals surface area contributed by atoms with E-state index in [2.05, 4.69) is 22.8 Å². The summed E-state index contributed by atoms with van der Waals surface area (Å²) in [7, 11) is 0. The molecule has 0 saturated carbocycles. The largest absolute Gasteiger partial charge is 0.337 e. The van der Waals surface area contributed by atoms with Crippen LogP contribution < -0.4 is 10.6 Å². The van der Waals surface area contributed by atoms with Crippen LogP contribution in [0, 0.1) is 0 Å². The number of nitrogens with one attached hydrogen (secondary N) is 2. The van der Waals surface area contributed by atoms with Gasteiger partial charge in [-0.2, -0.15) is 0 Å². The number of nitrogens with zero attached hydrogens (tertiary/aromatic N) is 1. The number of anilines is 1. The smallest absolute Gasteiger partial charge is 0.319 e. The van der Waals surface area contributed by atoms with Crippen molar-refractivity contribution in [1.29, 1.82) is 0 Å². The van der Waals surface area contributed by atoms with Gasteiger partial charge in [0.25, 0.3) is 0 Å². The summed E-state index contributed by atoms with van der Waals surface area (Å²) >= 11 is 1.72. The molecule has 4 nitrogen and oxygen atoms in total. The third kappa shape index (κ3) is 4.67. The number of hydrogen-bond acceptors (Lipinski definition) is 2. The van der Waals surface area contributed by atoms with Crippen LogP contribution in [-0.4, -0.2) is 22.9 Å². The van der Waals surface area contributed by atoms with Crippen molar-refractivity contribution < 1.29 is 4.79 Å². The van der Waals surface area contributed by atoms with Crippen LogP contribution in [0.1, 0.15) is 0 Å². The molecule has 24 heavy (non-hydrogen) atoms. The summed E-state index contributed by atoms with van der Waals surface area (Å²) in [5.41, 5.74) is 1.78. The molecule has 0 aliphatic carbocycles. The van der Waals surface area contributed by atoms with Crippen LogP contribution in [0.15, 0.2) is 84.0 Å². The molecular weight excluding hydrogens is 318 g/mol. The first kappa shape index (κ1) is 16.2. The van der Waals surface area contributed by atoms with Crippen LogP contribution in [0.25, 0.3) is 5.69 Å². The predicted octanol–water partition coefficient (Wildman–Crippen LogP) is 4.39. The summed E-state index contributed by atoms with van der Waals surface area (Å²) in [4.78, 5) is 13.2. The molecule has 1 heterocycles. The van der Waals surface area contributed by atoms with Gasteiger partial charge in [-0.05, 0) is 42.5 Å². The Kier molecular flexibility index (Phi) is 5.58. The van der Waals surface area contributed by atoms with E-state index in [-0.39, 0.29) is 6.03 Å². The Morgan fingerprint density at radius 3 is 2.54 bits per heavy atom. The Balaban J connectivity index is 1.46. The fraction of sp³-hybridized carbons (Fsp3) is 0.105. The highest BCUT2D eigenvalue weighted by Gasteiger charge is 2.03. The number of amides is 2. The Bertz CT molecular complexity index is 772. The lowest BCUT2D eigenvalue weighted by molar-refractivity contribution is 0.252. The van der Waals surface area contributed by atoms with E-state index in [1.807, 2.05) is 71.6 Å². The molecule has 0 aliphatic rings. The van der Waals surface area contributed by atoms with E-state index in [4.69, 9.17) is 0 Å². The third-order valence-electron chi connectivity index (χ3n) is 3.41. The first-order chi connectivity index (χ1) is 11.8. The molecule has 0 spiro atoms. The van der Waals surface area contributed by atoms with Gasteiger partial charge < -0.3 is 15.2 Å². The summed E-state index contributed by atoms with van der Waals surface area (Å²) in [5, 5.41) is 5.75. The van der Waals surface area contributed by atoms with Crippen molar-refractivity contribution >= 4 is 23.5 Å². The molecule has 2 amide bonds. The highest BCUT2D eigenvalue weighted by atomic mass is 32.2. The molecule has 0 bridgehead atoms. The Morgan fingerprint density at radius 2 is 1.75 bits per heavy atom. The van der Waals surface area contributed by atoms with Gasteiger partial charge in [0.2, 0.25) is 0 Å². The van der Waals surface area contributed by atoms with Crippen LogP contribution in [0.4, 0.5) is 10.5 Å². The van der Waals surface area contributed by atoms with Gasteiger partial charge >= 0.3 is 6.03 Å². The predicted molar refractivity (Wildman–Crippen MR) is 100.0 cm³/mol. The van der Waals surface area contributed by atoms with Crippen LogP contribution in [0.3, 0.4) is 0 Å². The summed E-state index contributed by atoms with van der Waals surface area (Å²) < 4.78 is 2.00. The van der Waals surface area contributed by atoms with Crippen LogP contribution in [-0.2, 0) is 0 Å². The van der Waals surface area contributed by atoms with Crippen LogP contribution in [0.5, 0.6) is 0 Å². The zero-order chi connectivity index (χ0) is 16.6. The number of rotatable bonds is 6. The Hall–Kier alpha value is -2.66. The zero-order valence-corrected chi connectivity index (χ0v) is 14.0. The maximum Gasteiger partial charge on any atom is 0.319 e. The molecule has 0 radical (unpaired) electrons. The lowest BCUT2D eigenvalue weighted by Crippen LogP contribution is -2.30. The second-order valence-electron chi connectivity index (χ2n) is 5.18. The minimum Gasteiger partial charge on any atom is -0.337 e. The van der Waals surface area contributed by atoms with Crippen molar-refractivity contribution in [2.45, 2.75) is 4.90 Å². The van der Waals surface area contributed by atoms with Crippen molar-refractivity contribution in [3.8, 4) is 5.69 Å². The highest BCUT2D eigenvalue weighted by Crippen LogP contribution is 2.16. The normalized spacial score (nSPS) is 10.3. The lowest BCUT2D eigenvalue weighted by Gasteiger charge is -2.09. The first-order valence-corrected chi connectivity index (χ1v) is 8.76. The molecule has 0 fully saturated rings. The number of carbonyl (C=O) groups is 1. The monoisotopic (exact) mass is 337 g/mol. The molecule has 2 aromatic carbocycles. The summed E-state index contributed by atoms with van der Waals surface area (Å²) in [6.45, 7) is 0.614. The topological polar surface area (TPSA) is 46.1 Å². The van der Waals surface area contributed by atoms with Gasteiger partial charge in [0, 0.05) is 41.0 Å². The van der Waals surface area contributed by atoms with Crippen LogP contribution >= 0.6 is 11.8 Å². The van der Waals surface area contributed by atoms with Crippen molar-refractivity contribution in [2.75, 3.05) is 17.6 Å². The molecule has 0 atom stereocenters. The quantitative estimate of drug-likeness (QED) is 0.517. The fourth-order valence-electron chi connectivity index (χ4n) is 2.28. The molecule has 0 aliphatic heterocycles. The average molecular weight is 337 g/mol. The van der Waals surface area contributed by atoms with E-state index < -0.39 is 0 Å². The van der Waals surface area contributed by atoms with Gasteiger partial charge in [-0.15, -0.1) is 11.8 Å². The summed E-state index contributed by atoms with van der Waals surface area (Å²) in [6, 6.07) is 21.7. The number of hydrogen-bond donors (Lipinski definition) is 2. The standard InChI is InChI=1S/C19H19N3OS/c23-19(20-11-14-24-18-9-2-1-3-10-18)21-16-7-6-8-17(15-16)22-12-4-5-13-22/h1-10,12-13,15H,11,14H2,(H2,20,21,23). The Labute approximate surface area is 145 Å². The number of benzene rings is 2. The van der Waals surface area contributed by atoms with Gasteiger partial charge in [-0.3, -0.25) is 0 Å². The fourth-order valence-corrected chi connectivity index (χ4v) is 3.07. The number of aromatic nitrogens is 1. The molecule has 122 valence electrons. The van der Waals surface area contributed by atoms with E-state index in [1.54, 1.807) is 11.8 Å². The average Bonchev–Trinajstić information content (AvgIpc) is 3.15. The maximum atomic E-state index is 12.0. The first-order valence-electron chi connectivity index (χ1n) is 7.77. The second-order valence-corrected chi connectivity index (χ2v) is 6.35.